The van der Waals surface area contributed by atoms with Crippen molar-refractivity contribution in [2.45, 2.75) is 25.3 Å². The number of hydrogen-bond acceptors (Lipinski definition) is 5. The lowest BCUT2D eigenvalue weighted by atomic mass is 10.00. The highest BCUT2D eigenvalue weighted by Gasteiger charge is 2.35. The average molecular weight is 509 g/mol. The van der Waals surface area contributed by atoms with Gasteiger partial charge in [0.05, 0.1) is 18.7 Å². The van der Waals surface area contributed by atoms with Crippen LogP contribution in [0.2, 0.25) is 0 Å². The molecular formula is C28H29FN2O4S. The number of methoxy groups -OCH3 is 1. The minimum Gasteiger partial charge on any atom is -0.493 e. The van der Waals surface area contributed by atoms with Crippen LogP contribution in [0, 0.1) is 11.7 Å². The van der Waals surface area contributed by atoms with E-state index in [1.807, 2.05) is 35.7 Å². The molecule has 0 unspecified atom stereocenters. The van der Waals surface area contributed by atoms with Crippen LogP contribution in [0.4, 0.5) is 4.39 Å². The topological polar surface area (TPSA) is 59.1 Å². The number of halogens is 1. The smallest absolute Gasteiger partial charge is 0.257 e. The zero-order valence-electron chi connectivity index (χ0n) is 20.2. The Bertz CT molecular complexity index is 1240. The van der Waals surface area contributed by atoms with E-state index in [2.05, 4.69) is 0 Å². The lowest BCUT2D eigenvalue weighted by Crippen LogP contribution is -2.48. The van der Waals surface area contributed by atoms with Crippen molar-refractivity contribution in [2.75, 3.05) is 33.4 Å². The molecule has 1 aromatic heterocycles. The maximum absolute atomic E-state index is 14.4. The summed E-state index contributed by atoms with van der Waals surface area (Å²) >= 11 is 1.68. The fourth-order valence-electron chi connectivity index (χ4n) is 4.67. The molecule has 2 heterocycles. The number of rotatable bonds is 9. The number of ether oxygens (including phenoxy) is 2. The summed E-state index contributed by atoms with van der Waals surface area (Å²) in [7, 11) is 1.59. The van der Waals surface area contributed by atoms with Crippen LogP contribution in [0.1, 0.15) is 39.7 Å². The summed E-state index contributed by atoms with van der Waals surface area (Å²) in [6, 6.07) is 15.1. The Kier molecular flexibility index (Phi) is 7.23. The van der Waals surface area contributed by atoms with Gasteiger partial charge in [-0.3, -0.25) is 9.59 Å². The molecule has 1 aliphatic carbocycles. The van der Waals surface area contributed by atoms with Gasteiger partial charge in [-0.15, -0.1) is 11.3 Å². The van der Waals surface area contributed by atoms with Crippen LogP contribution in [-0.4, -0.2) is 55.0 Å². The van der Waals surface area contributed by atoms with Crippen molar-refractivity contribution < 1.29 is 23.5 Å². The minimum absolute atomic E-state index is 0.000714. The standard InChI is InChI=1S/C28H29FN2O4S/c1-34-24-8-4-5-9-25(24)35-18-23-21-13-15-36-26(21)12-14-31(23)27(32)17-30(16-19-10-11-19)28(33)20-6-2-3-7-22(20)29/h2-9,13,15,19,23H,10-12,14,16-18H2,1H3/t23-/m0/s1. The van der Waals surface area contributed by atoms with Crippen LogP contribution in [0.25, 0.3) is 0 Å². The van der Waals surface area contributed by atoms with E-state index in [1.54, 1.807) is 35.5 Å². The molecule has 2 aliphatic rings. The van der Waals surface area contributed by atoms with E-state index in [9.17, 15) is 14.0 Å². The van der Waals surface area contributed by atoms with Gasteiger partial charge in [-0.2, -0.15) is 0 Å². The molecule has 2 aromatic carbocycles. The predicted molar refractivity (Wildman–Crippen MR) is 136 cm³/mol. The predicted octanol–water partition coefficient (Wildman–Crippen LogP) is 4.95. The van der Waals surface area contributed by atoms with E-state index in [1.165, 1.54) is 21.9 Å². The second kappa shape index (κ2) is 10.7. The molecule has 1 saturated carbocycles. The van der Waals surface area contributed by atoms with Crippen molar-refractivity contribution in [1.29, 1.82) is 0 Å². The third-order valence-corrected chi connectivity index (χ3v) is 7.77. The molecule has 8 heteroatoms. The van der Waals surface area contributed by atoms with Gasteiger partial charge in [0.1, 0.15) is 19.0 Å². The molecule has 1 aliphatic heterocycles. The Labute approximate surface area is 214 Å². The number of amides is 2. The summed E-state index contributed by atoms with van der Waals surface area (Å²) in [5.74, 6) is 0.430. The lowest BCUT2D eigenvalue weighted by Gasteiger charge is -2.37. The summed E-state index contributed by atoms with van der Waals surface area (Å²) in [4.78, 5) is 31.5. The molecule has 1 fully saturated rings. The lowest BCUT2D eigenvalue weighted by molar-refractivity contribution is -0.135. The van der Waals surface area contributed by atoms with E-state index in [0.717, 1.165) is 24.8 Å². The maximum Gasteiger partial charge on any atom is 0.257 e. The fraction of sp³-hybridized carbons (Fsp3) is 0.357. The van der Waals surface area contributed by atoms with E-state index >= 15 is 0 Å². The quantitative estimate of drug-likeness (QED) is 0.410. The molecule has 3 aromatic rings. The number of benzene rings is 2. The van der Waals surface area contributed by atoms with E-state index in [0.29, 0.717) is 30.5 Å². The number of nitrogens with zero attached hydrogens (tertiary/aromatic N) is 2. The second-order valence-electron chi connectivity index (χ2n) is 9.22. The van der Waals surface area contributed by atoms with Crippen molar-refractivity contribution in [3.63, 3.8) is 0 Å². The van der Waals surface area contributed by atoms with Crippen LogP contribution in [0.5, 0.6) is 11.5 Å². The van der Waals surface area contributed by atoms with Crippen molar-refractivity contribution in [1.82, 2.24) is 9.80 Å². The Morgan fingerprint density at radius 1 is 1.08 bits per heavy atom. The highest BCUT2D eigenvalue weighted by atomic mass is 32.1. The van der Waals surface area contributed by atoms with Gasteiger partial charge in [-0.1, -0.05) is 24.3 Å². The molecule has 5 rings (SSSR count). The molecule has 0 N–H and O–H groups in total. The molecule has 0 radical (unpaired) electrons. The summed E-state index contributed by atoms with van der Waals surface area (Å²) in [5.41, 5.74) is 1.07. The first-order valence-corrected chi connectivity index (χ1v) is 13.1. The van der Waals surface area contributed by atoms with Crippen molar-refractivity contribution in [2.24, 2.45) is 5.92 Å². The summed E-state index contributed by atoms with van der Waals surface area (Å²) in [5, 5.41) is 2.04. The molecule has 1 atom stereocenters. The SMILES string of the molecule is COc1ccccc1OC[C@H]1c2ccsc2CCN1C(=O)CN(CC1CC1)C(=O)c1ccccc1F. The largest absolute Gasteiger partial charge is 0.493 e. The molecule has 0 bridgehead atoms. The summed E-state index contributed by atoms with van der Waals surface area (Å²) < 4.78 is 25.9. The second-order valence-corrected chi connectivity index (χ2v) is 10.2. The van der Waals surface area contributed by atoms with Crippen LogP contribution in [-0.2, 0) is 11.2 Å². The molecule has 6 nitrogen and oxygen atoms in total. The number of fused-ring (bicyclic) bond motifs is 1. The van der Waals surface area contributed by atoms with Gasteiger partial charge in [0, 0.05) is 18.0 Å². The van der Waals surface area contributed by atoms with E-state index in [-0.39, 0.29) is 30.7 Å². The van der Waals surface area contributed by atoms with Crippen LogP contribution in [0.3, 0.4) is 0 Å². The third-order valence-electron chi connectivity index (χ3n) is 6.77. The summed E-state index contributed by atoms with van der Waals surface area (Å²) in [6.07, 6.45) is 2.80. The zero-order chi connectivity index (χ0) is 25.1. The van der Waals surface area contributed by atoms with Gasteiger partial charge in [0.2, 0.25) is 5.91 Å². The fourth-order valence-corrected chi connectivity index (χ4v) is 5.60. The first-order chi connectivity index (χ1) is 17.5. The molecule has 2 amide bonds. The molecule has 0 saturated heterocycles. The summed E-state index contributed by atoms with van der Waals surface area (Å²) in [6.45, 7) is 1.17. The zero-order valence-corrected chi connectivity index (χ0v) is 21.0. The first kappa shape index (κ1) is 24.3. The van der Waals surface area contributed by atoms with Gasteiger partial charge >= 0.3 is 0 Å². The molecule has 36 heavy (non-hydrogen) atoms. The van der Waals surface area contributed by atoms with E-state index in [4.69, 9.17) is 9.47 Å². The van der Waals surface area contributed by atoms with Gasteiger partial charge < -0.3 is 19.3 Å². The maximum atomic E-state index is 14.4. The Morgan fingerprint density at radius 2 is 1.83 bits per heavy atom. The number of thiophene rings is 1. The van der Waals surface area contributed by atoms with Crippen molar-refractivity contribution in [3.05, 3.63) is 81.8 Å². The number of para-hydroxylation sites is 2. The van der Waals surface area contributed by atoms with Gasteiger partial charge in [0.15, 0.2) is 11.5 Å². The number of carbonyl (C=O) groups is 2. The molecule has 0 spiro atoms. The monoisotopic (exact) mass is 508 g/mol. The Morgan fingerprint density at radius 3 is 2.58 bits per heavy atom. The van der Waals surface area contributed by atoms with Gasteiger partial charge in [-0.25, -0.2) is 4.39 Å². The Balaban J connectivity index is 1.36. The van der Waals surface area contributed by atoms with E-state index < -0.39 is 11.7 Å². The first-order valence-electron chi connectivity index (χ1n) is 12.2. The normalized spacial score (nSPS) is 16.8. The highest BCUT2D eigenvalue weighted by molar-refractivity contribution is 7.10. The van der Waals surface area contributed by atoms with Crippen LogP contribution >= 0.6 is 11.3 Å². The van der Waals surface area contributed by atoms with Gasteiger partial charge in [-0.05, 0) is 66.5 Å². The van der Waals surface area contributed by atoms with Gasteiger partial charge in [0.25, 0.3) is 5.91 Å². The highest BCUT2D eigenvalue weighted by Crippen LogP contribution is 2.36. The molecular weight excluding hydrogens is 479 g/mol. The van der Waals surface area contributed by atoms with Crippen LogP contribution < -0.4 is 9.47 Å². The van der Waals surface area contributed by atoms with Crippen LogP contribution in [0.15, 0.2) is 60.0 Å². The number of hydrogen-bond donors (Lipinski definition) is 0. The van der Waals surface area contributed by atoms with Crippen molar-refractivity contribution in [3.8, 4) is 11.5 Å². The minimum atomic E-state index is -0.570. The number of carbonyl (C=O) groups excluding carboxylic acids is 2. The Hall–Kier alpha value is -3.39. The van der Waals surface area contributed by atoms with Crippen molar-refractivity contribution >= 4 is 23.2 Å². The molecule has 188 valence electrons. The third kappa shape index (κ3) is 5.23. The average Bonchev–Trinajstić information content (AvgIpc) is 3.59.